The number of carbonyl (C=O) groups excluding carboxylic acids is 1. The third kappa shape index (κ3) is 5.10. The first kappa shape index (κ1) is 16.3. The van der Waals surface area contributed by atoms with Crippen molar-refractivity contribution < 1.29 is 14.7 Å². The maximum Gasteiger partial charge on any atom is 0.327 e. The van der Waals surface area contributed by atoms with E-state index < -0.39 is 18.0 Å². The van der Waals surface area contributed by atoms with E-state index in [1.165, 1.54) is 0 Å². The number of terminal acetylenes is 1. The molecule has 0 aromatic carbocycles. The van der Waals surface area contributed by atoms with Gasteiger partial charge in [-0.2, -0.15) is 0 Å². The molecule has 1 aliphatic rings. The van der Waals surface area contributed by atoms with Gasteiger partial charge < -0.3 is 20.6 Å². The molecule has 0 spiro atoms. The van der Waals surface area contributed by atoms with Gasteiger partial charge in [0.05, 0.1) is 0 Å². The molecule has 1 fully saturated rings. The summed E-state index contributed by atoms with van der Waals surface area (Å²) in [4.78, 5) is 24.9. The Hall–Kier alpha value is -1.74. The molecule has 0 aromatic rings. The largest absolute Gasteiger partial charge is 0.480 e. The maximum absolute atomic E-state index is 11.6. The van der Waals surface area contributed by atoms with E-state index in [0.717, 1.165) is 19.5 Å². The first-order chi connectivity index (χ1) is 9.43. The van der Waals surface area contributed by atoms with Crippen LogP contribution >= 0.6 is 0 Å². The van der Waals surface area contributed by atoms with Crippen LogP contribution in [0.3, 0.4) is 0 Å². The molecule has 1 rings (SSSR count). The quantitative estimate of drug-likeness (QED) is 0.619. The number of aliphatic carboxylic acids is 1. The van der Waals surface area contributed by atoms with Crippen LogP contribution in [0.5, 0.6) is 0 Å². The molecule has 20 heavy (non-hydrogen) atoms. The highest BCUT2D eigenvalue weighted by atomic mass is 16.4. The Morgan fingerprint density at radius 3 is 2.70 bits per heavy atom. The minimum atomic E-state index is -1.12. The Bertz CT molecular complexity index is 390. The molecule has 2 atom stereocenters. The zero-order valence-corrected chi connectivity index (χ0v) is 12.1. The van der Waals surface area contributed by atoms with Crippen molar-refractivity contribution in [2.75, 3.05) is 19.6 Å². The van der Waals surface area contributed by atoms with Crippen molar-refractivity contribution in [3.05, 3.63) is 0 Å². The molecule has 1 heterocycles. The highest BCUT2D eigenvalue weighted by molar-refractivity contribution is 5.82. The Kier molecular flexibility index (Phi) is 6.32. The van der Waals surface area contributed by atoms with Crippen LogP contribution in [0.4, 0.5) is 4.79 Å². The summed E-state index contributed by atoms with van der Waals surface area (Å²) < 4.78 is 0. The minimum Gasteiger partial charge on any atom is -0.480 e. The SMILES string of the molecule is C#CCC(NC(=O)NCC1CCN(C(C)C)C1)C(=O)O. The number of amides is 2. The van der Waals surface area contributed by atoms with Crippen molar-refractivity contribution in [2.24, 2.45) is 5.92 Å². The standard InChI is InChI=1S/C14H23N3O3/c1-4-5-12(13(18)19)16-14(20)15-8-11-6-7-17(9-11)10(2)3/h1,10-12H,5-9H2,2-3H3,(H,18,19)(H2,15,16,20). The third-order valence-electron chi connectivity index (χ3n) is 3.52. The van der Waals surface area contributed by atoms with Gasteiger partial charge in [0.15, 0.2) is 0 Å². The monoisotopic (exact) mass is 281 g/mol. The molecule has 1 aliphatic heterocycles. The van der Waals surface area contributed by atoms with Gasteiger partial charge in [0.2, 0.25) is 0 Å². The van der Waals surface area contributed by atoms with Gasteiger partial charge in [0.1, 0.15) is 6.04 Å². The fraction of sp³-hybridized carbons (Fsp3) is 0.714. The predicted molar refractivity (Wildman–Crippen MR) is 76.2 cm³/mol. The van der Waals surface area contributed by atoms with Gasteiger partial charge in [-0.15, -0.1) is 12.3 Å². The zero-order valence-electron chi connectivity index (χ0n) is 12.1. The number of likely N-dealkylation sites (tertiary alicyclic amines) is 1. The lowest BCUT2D eigenvalue weighted by Gasteiger charge is -2.20. The highest BCUT2D eigenvalue weighted by Crippen LogP contribution is 2.17. The molecule has 0 aromatic heterocycles. The maximum atomic E-state index is 11.6. The fourth-order valence-electron chi connectivity index (χ4n) is 2.26. The summed E-state index contributed by atoms with van der Waals surface area (Å²) in [6, 6.07) is -0.993. The lowest BCUT2D eigenvalue weighted by molar-refractivity contribution is -0.139. The summed E-state index contributed by atoms with van der Waals surface area (Å²) >= 11 is 0. The van der Waals surface area contributed by atoms with E-state index in [1.54, 1.807) is 0 Å². The van der Waals surface area contributed by atoms with Gasteiger partial charge in [-0.3, -0.25) is 0 Å². The summed E-state index contributed by atoms with van der Waals surface area (Å²) in [6.45, 7) is 6.86. The summed E-state index contributed by atoms with van der Waals surface area (Å²) in [5.74, 6) is 1.54. The van der Waals surface area contributed by atoms with E-state index in [1.807, 2.05) is 0 Å². The molecular weight excluding hydrogens is 258 g/mol. The lowest BCUT2D eigenvalue weighted by atomic mass is 10.1. The van der Waals surface area contributed by atoms with E-state index in [9.17, 15) is 9.59 Å². The van der Waals surface area contributed by atoms with Crippen LogP contribution in [0.1, 0.15) is 26.7 Å². The van der Waals surface area contributed by atoms with Crippen molar-refractivity contribution in [2.45, 2.75) is 38.8 Å². The number of carboxylic acids is 1. The normalized spacial score (nSPS) is 20.4. The van der Waals surface area contributed by atoms with Crippen molar-refractivity contribution in [3.8, 4) is 12.3 Å². The molecule has 6 nitrogen and oxygen atoms in total. The van der Waals surface area contributed by atoms with Crippen LogP contribution in [0, 0.1) is 18.3 Å². The average Bonchev–Trinajstić information content (AvgIpc) is 2.84. The molecule has 112 valence electrons. The van der Waals surface area contributed by atoms with Gasteiger partial charge in [-0.25, -0.2) is 9.59 Å². The van der Waals surface area contributed by atoms with Crippen molar-refractivity contribution in [3.63, 3.8) is 0 Å². The summed E-state index contributed by atoms with van der Waals surface area (Å²) in [7, 11) is 0. The van der Waals surface area contributed by atoms with E-state index in [2.05, 4.69) is 35.3 Å². The van der Waals surface area contributed by atoms with Gasteiger partial charge in [0.25, 0.3) is 0 Å². The fourth-order valence-corrected chi connectivity index (χ4v) is 2.26. The molecule has 0 bridgehead atoms. The van der Waals surface area contributed by atoms with Gasteiger partial charge in [-0.05, 0) is 32.7 Å². The lowest BCUT2D eigenvalue weighted by Crippen LogP contribution is -2.47. The second-order valence-electron chi connectivity index (χ2n) is 5.40. The molecule has 2 unspecified atom stereocenters. The first-order valence-corrected chi connectivity index (χ1v) is 6.88. The Balaban J connectivity index is 2.30. The number of hydrogen-bond acceptors (Lipinski definition) is 3. The first-order valence-electron chi connectivity index (χ1n) is 6.88. The topological polar surface area (TPSA) is 81.7 Å². The number of rotatable bonds is 6. The smallest absolute Gasteiger partial charge is 0.327 e. The summed E-state index contributed by atoms with van der Waals surface area (Å²) in [6.07, 6.45) is 6.10. The Labute approximate surface area is 119 Å². The molecule has 0 radical (unpaired) electrons. The van der Waals surface area contributed by atoms with Crippen LogP contribution in [-0.4, -0.2) is 53.7 Å². The number of nitrogens with one attached hydrogen (secondary N) is 2. The molecule has 0 aliphatic carbocycles. The van der Waals surface area contributed by atoms with Crippen molar-refractivity contribution >= 4 is 12.0 Å². The average molecular weight is 281 g/mol. The molecule has 2 amide bonds. The van der Waals surface area contributed by atoms with Crippen LogP contribution in [0.15, 0.2) is 0 Å². The van der Waals surface area contributed by atoms with E-state index in [-0.39, 0.29) is 6.42 Å². The van der Waals surface area contributed by atoms with Crippen LogP contribution in [0.2, 0.25) is 0 Å². The number of urea groups is 1. The summed E-state index contributed by atoms with van der Waals surface area (Å²) in [5, 5.41) is 14.0. The van der Waals surface area contributed by atoms with E-state index in [4.69, 9.17) is 11.5 Å². The van der Waals surface area contributed by atoms with Crippen molar-refractivity contribution in [1.82, 2.24) is 15.5 Å². The molecule has 6 heteroatoms. The van der Waals surface area contributed by atoms with E-state index in [0.29, 0.717) is 18.5 Å². The summed E-state index contributed by atoms with van der Waals surface area (Å²) in [5.41, 5.74) is 0. The second-order valence-corrected chi connectivity index (χ2v) is 5.40. The third-order valence-corrected chi connectivity index (χ3v) is 3.52. The molecule has 3 N–H and O–H groups in total. The number of nitrogens with zero attached hydrogens (tertiary/aromatic N) is 1. The minimum absolute atomic E-state index is 0.0205. The molecular formula is C14H23N3O3. The van der Waals surface area contributed by atoms with Crippen LogP contribution < -0.4 is 10.6 Å². The Morgan fingerprint density at radius 2 is 2.20 bits per heavy atom. The molecule has 0 saturated carbocycles. The van der Waals surface area contributed by atoms with Crippen LogP contribution in [-0.2, 0) is 4.79 Å². The number of carbonyl (C=O) groups is 2. The van der Waals surface area contributed by atoms with Gasteiger partial charge >= 0.3 is 12.0 Å². The van der Waals surface area contributed by atoms with Crippen LogP contribution in [0.25, 0.3) is 0 Å². The zero-order chi connectivity index (χ0) is 15.1. The highest BCUT2D eigenvalue weighted by Gasteiger charge is 2.25. The number of hydrogen-bond donors (Lipinski definition) is 3. The van der Waals surface area contributed by atoms with Crippen molar-refractivity contribution in [1.29, 1.82) is 0 Å². The Morgan fingerprint density at radius 1 is 1.50 bits per heavy atom. The van der Waals surface area contributed by atoms with Gasteiger partial charge in [0, 0.05) is 25.6 Å². The van der Waals surface area contributed by atoms with E-state index >= 15 is 0 Å². The molecule has 1 saturated heterocycles. The predicted octanol–water partition coefficient (Wildman–Crippen LogP) is 0.492. The second kappa shape index (κ2) is 7.75. The number of carboxylic acid groups (broad SMARTS) is 1. The van der Waals surface area contributed by atoms with Gasteiger partial charge in [-0.1, -0.05) is 0 Å².